The predicted octanol–water partition coefficient (Wildman–Crippen LogP) is 4.92. The largest absolute Gasteiger partial charge is 0.369 e. The first kappa shape index (κ1) is 19.4. The van der Waals surface area contributed by atoms with E-state index in [0.29, 0.717) is 16.7 Å². The molecule has 1 fully saturated rings. The summed E-state index contributed by atoms with van der Waals surface area (Å²) in [7, 11) is 0. The third-order valence-electron chi connectivity index (χ3n) is 5.45. The Labute approximate surface area is 175 Å². The van der Waals surface area contributed by atoms with Gasteiger partial charge in [0.05, 0.1) is 16.9 Å². The van der Waals surface area contributed by atoms with Crippen LogP contribution in [0.3, 0.4) is 0 Å². The Hall–Kier alpha value is -2.92. The summed E-state index contributed by atoms with van der Waals surface area (Å²) in [6.45, 7) is 0. The molecule has 1 saturated carbocycles. The molecule has 3 N–H and O–H groups in total. The fraction of sp³-hybridized carbons (Fsp3) is 0.261. The van der Waals surface area contributed by atoms with Crippen LogP contribution in [0.1, 0.15) is 25.7 Å². The lowest BCUT2D eigenvalue weighted by atomic mass is 9.86. The van der Waals surface area contributed by atoms with E-state index in [4.69, 9.17) is 17.3 Å². The Morgan fingerprint density at radius 3 is 2.38 bits per heavy atom. The molecule has 6 heteroatoms. The van der Waals surface area contributed by atoms with E-state index < -0.39 is 0 Å². The summed E-state index contributed by atoms with van der Waals surface area (Å²) in [4.78, 5) is 20.4. The Morgan fingerprint density at radius 1 is 0.966 bits per heavy atom. The number of hydrogen-bond donors (Lipinski definition) is 2. The van der Waals surface area contributed by atoms with E-state index >= 15 is 0 Å². The highest BCUT2D eigenvalue weighted by Crippen LogP contribution is 2.31. The quantitative estimate of drug-likeness (QED) is 0.630. The van der Waals surface area contributed by atoms with Gasteiger partial charge in [0.2, 0.25) is 11.9 Å². The van der Waals surface area contributed by atoms with Crippen molar-refractivity contribution in [1.29, 1.82) is 0 Å². The van der Waals surface area contributed by atoms with Crippen molar-refractivity contribution in [2.75, 3.05) is 5.32 Å². The molecule has 3 aromatic rings. The Bertz CT molecular complexity index is 1000. The van der Waals surface area contributed by atoms with E-state index in [9.17, 15) is 4.79 Å². The summed E-state index contributed by atoms with van der Waals surface area (Å²) in [5, 5.41) is 3.90. The van der Waals surface area contributed by atoms with Gasteiger partial charge in [0.1, 0.15) is 0 Å². The summed E-state index contributed by atoms with van der Waals surface area (Å²) in [5.74, 6) is 0.333. The number of primary amides is 1. The molecule has 0 atom stereocenters. The van der Waals surface area contributed by atoms with Crippen molar-refractivity contribution in [3.63, 3.8) is 0 Å². The number of nitrogens with two attached hydrogens (primary N) is 1. The number of carbonyl (C=O) groups excluding carboxylic acids is 1. The van der Waals surface area contributed by atoms with Gasteiger partial charge in [-0.15, -0.1) is 0 Å². The molecule has 0 bridgehead atoms. The van der Waals surface area contributed by atoms with Gasteiger partial charge in [0.15, 0.2) is 0 Å². The number of anilines is 1. The summed E-state index contributed by atoms with van der Waals surface area (Å²) in [6.07, 6.45) is 4.98. The van der Waals surface area contributed by atoms with Crippen LogP contribution in [-0.4, -0.2) is 21.9 Å². The van der Waals surface area contributed by atoms with E-state index in [-0.39, 0.29) is 17.9 Å². The molecule has 1 amide bonds. The molecule has 29 heavy (non-hydrogen) atoms. The van der Waals surface area contributed by atoms with Gasteiger partial charge in [-0.25, -0.2) is 9.97 Å². The van der Waals surface area contributed by atoms with E-state index in [1.54, 1.807) is 6.20 Å². The first-order valence-electron chi connectivity index (χ1n) is 9.84. The molecular weight excluding hydrogens is 384 g/mol. The molecule has 1 aliphatic carbocycles. The van der Waals surface area contributed by atoms with E-state index in [0.717, 1.165) is 42.4 Å². The van der Waals surface area contributed by atoms with Crippen LogP contribution in [0, 0.1) is 5.92 Å². The Kier molecular flexibility index (Phi) is 5.76. The first-order chi connectivity index (χ1) is 14.1. The third kappa shape index (κ3) is 4.57. The molecule has 0 saturated heterocycles. The molecule has 0 radical (unpaired) electrons. The fourth-order valence-electron chi connectivity index (χ4n) is 3.82. The minimum absolute atomic E-state index is 0.0181. The number of benzene rings is 2. The smallest absolute Gasteiger partial charge is 0.223 e. The van der Waals surface area contributed by atoms with E-state index in [1.165, 1.54) is 0 Å². The van der Waals surface area contributed by atoms with Crippen LogP contribution in [0.5, 0.6) is 0 Å². The lowest BCUT2D eigenvalue weighted by Gasteiger charge is -2.27. The second-order valence-electron chi connectivity index (χ2n) is 7.43. The van der Waals surface area contributed by atoms with Crippen molar-refractivity contribution < 1.29 is 4.79 Å². The molecule has 5 nitrogen and oxygen atoms in total. The summed E-state index contributed by atoms with van der Waals surface area (Å²) in [5.41, 5.74) is 9.32. The SMILES string of the molecule is NC(=O)C1CCC(Nc2ncc(Cl)c(-c3cccc(-c4ccccc4)c3)n2)CC1. The number of nitrogens with zero attached hydrogens (tertiary/aromatic N) is 2. The number of nitrogens with one attached hydrogen (secondary N) is 1. The van der Waals surface area contributed by atoms with Gasteiger partial charge >= 0.3 is 0 Å². The first-order valence-corrected chi connectivity index (χ1v) is 10.2. The molecule has 1 aliphatic rings. The van der Waals surface area contributed by atoms with Gasteiger partial charge in [-0.3, -0.25) is 4.79 Å². The van der Waals surface area contributed by atoms with E-state index in [1.807, 2.05) is 30.3 Å². The second kappa shape index (κ2) is 8.62. The van der Waals surface area contributed by atoms with Gasteiger partial charge in [0.25, 0.3) is 0 Å². The lowest BCUT2D eigenvalue weighted by Crippen LogP contribution is -2.32. The average Bonchev–Trinajstić information content (AvgIpc) is 2.76. The highest BCUT2D eigenvalue weighted by Gasteiger charge is 2.25. The molecular formula is C23H23ClN4O. The number of halogens is 1. The Balaban J connectivity index is 1.54. The molecule has 1 heterocycles. The van der Waals surface area contributed by atoms with Crippen LogP contribution in [0.15, 0.2) is 60.8 Å². The van der Waals surface area contributed by atoms with E-state index in [2.05, 4.69) is 39.6 Å². The summed E-state index contributed by atoms with van der Waals surface area (Å²) in [6, 6.07) is 18.6. The number of amides is 1. The number of carbonyl (C=O) groups is 1. The van der Waals surface area contributed by atoms with Gasteiger partial charge in [-0.05, 0) is 42.9 Å². The number of hydrogen-bond acceptors (Lipinski definition) is 4. The highest BCUT2D eigenvalue weighted by atomic mass is 35.5. The van der Waals surface area contributed by atoms with Gasteiger partial charge < -0.3 is 11.1 Å². The van der Waals surface area contributed by atoms with Crippen molar-refractivity contribution in [3.8, 4) is 22.4 Å². The molecule has 4 rings (SSSR count). The fourth-order valence-corrected chi connectivity index (χ4v) is 4.02. The van der Waals surface area contributed by atoms with Gasteiger partial charge in [-0.2, -0.15) is 0 Å². The molecule has 148 valence electrons. The standard InChI is InChI=1S/C23H23ClN4O/c24-20-14-26-23(27-19-11-9-16(10-12-19)22(25)29)28-21(20)18-8-4-7-17(13-18)15-5-2-1-3-6-15/h1-8,13-14,16,19H,9-12H2,(H2,25,29)(H,26,27,28). The maximum atomic E-state index is 11.4. The zero-order chi connectivity index (χ0) is 20.2. The molecule has 2 aromatic carbocycles. The number of rotatable bonds is 5. The molecule has 0 aliphatic heterocycles. The van der Waals surface area contributed by atoms with Crippen LogP contribution in [0.25, 0.3) is 22.4 Å². The highest BCUT2D eigenvalue weighted by molar-refractivity contribution is 6.32. The van der Waals surface area contributed by atoms with Crippen LogP contribution in [0.4, 0.5) is 5.95 Å². The van der Waals surface area contributed by atoms with Crippen molar-refractivity contribution >= 4 is 23.5 Å². The van der Waals surface area contributed by atoms with Gasteiger partial charge in [0, 0.05) is 17.5 Å². The zero-order valence-corrected chi connectivity index (χ0v) is 16.8. The van der Waals surface area contributed by atoms with Crippen molar-refractivity contribution in [2.24, 2.45) is 11.7 Å². The zero-order valence-electron chi connectivity index (χ0n) is 16.0. The summed E-state index contributed by atoms with van der Waals surface area (Å²) < 4.78 is 0. The molecule has 1 aromatic heterocycles. The summed E-state index contributed by atoms with van der Waals surface area (Å²) >= 11 is 6.42. The maximum absolute atomic E-state index is 11.4. The van der Waals surface area contributed by atoms with Crippen molar-refractivity contribution in [3.05, 3.63) is 65.8 Å². The van der Waals surface area contributed by atoms with Crippen LogP contribution >= 0.6 is 11.6 Å². The third-order valence-corrected chi connectivity index (χ3v) is 5.73. The number of aromatic nitrogens is 2. The lowest BCUT2D eigenvalue weighted by molar-refractivity contribution is -0.122. The van der Waals surface area contributed by atoms with Gasteiger partial charge in [-0.1, -0.05) is 60.1 Å². The Morgan fingerprint density at radius 2 is 1.66 bits per heavy atom. The average molecular weight is 407 g/mol. The maximum Gasteiger partial charge on any atom is 0.223 e. The minimum Gasteiger partial charge on any atom is -0.369 e. The molecule has 0 spiro atoms. The van der Waals surface area contributed by atoms with Crippen LogP contribution in [-0.2, 0) is 4.79 Å². The predicted molar refractivity (Wildman–Crippen MR) is 116 cm³/mol. The van der Waals surface area contributed by atoms with Crippen LogP contribution in [0.2, 0.25) is 5.02 Å². The molecule has 0 unspecified atom stereocenters. The van der Waals surface area contributed by atoms with Crippen molar-refractivity contribution in [2.45, 2.75) is 31.7 Å². The topological polar surface area (TPSA) is 80.9 Å². The normalized spacial score (nSPS) is 18.9. The monoisotopic (exact) mass is 406 g/mol. The second-order valence-corrected chi connectivity index (χ2v) is 7.84. The minimum atomic E-state index is -0.202. The van der Waals surface area contributed by atoms with Crippen LogP contribution < -0.4 is 11.1 Å². The van der Waals surface area contributed by atoms with Crippen molar-refractivity contribution in [1.82, 2.24) is 9.97 Å².